The standard InChI is InChI=1S/C13H17N3O5S2/c17-14-22-10-8-11(23-15-18)5-3-4-9-21-13-7-2-1-6-12(13)16(19)20/h1-2,6-7,11H,3-5,8-10H2. The average Bonchev–Trinajstić information content (AvgIpc) is 2.55. The summed E-state index contributed by atoms with van der Waals surface area (Å²) in [5, 5.41) is 10.9. The zero-order chi connectivity index (χ0) is 16.9. The maximum atomic E-state index is 10.8. The fraction of sp³-hybridized carbons (Fsp3) is 0.538. The van der Waals surface area contributed by atoms with Gasteiger partial charge < -0.3 is 4.74 Å². The van der Waals surface area contributed by atoms with Gasteiger partial charge in [0, 0.05) is 50.1 Å². The topological polar surface area (TPSA) is 111 Å². The SMILES string of the molecule is O=NSCCC(CCCCOc1ccccc1[N+](=O)[O-])SN=O. The first kappa shape index (κ1) is 19.4. The molecular formula is C13H17N3O5S2. The Morgan fingerprint density at radius 2 is 1.96 bits per heavy atom. The van der Waals surface area contributed by atoms with Crippen LogP contribution < -0.4 is 4.74 Å². The first-order valence-electron chi connectivity index (χ1n) is 6.98. The molecule has 0 aliphatic heterocycles. The molecule has 126 valence electrons. The van der Waals surface area contributed by atoms with E-state index >= 15 is 0 Å². The lowest BCUT2D eigenvalue weighted by Crippen LogP contribution is -2.05. The van der Waals surface area contributed by atoms with Crippen LogP contribution in [0.3, 0.4) is 0 Å². The van der Waals surface area contributed by atoms with Crippen LogP contribution in [0.25, 0.3) is 0 Å². The molecule has 0 fully saturated rings. The van der Waals surface area contributed by atoms with E-state index < -0.39 is 4.92 Å². The molecule has 0 radical (unpaired) electrons. The van der Waals surface area contributed by atoms with Gasteiger partial charge in [0.25, 0.3) is 0 Å². The van der Waals surface area contributed by atoms with Crippen LogP contribution in [0.1, 0.15) is 25.7 Å². The minimum Gasteiger partial charge on any atom is -0.487 e. The number of nitroso groups, excluding NO2 is 2. The highest BCUT2D eigenvalue weighted by Crippen LogP contribution is 2.27. The highest BCUT2D eigenvalue weighted by Gasteiger charge is 2.14. The monoisotopic (exact) mass is 359 g/mol. The number of rotatable bonds is 13. The molecule has 1 unspecified atom stereocenters. The van der Waals surface area contributed by atoms with E-state index in [1.54, 1.807) is 18.2 Å². The van der Waals surface area contributed by atoms with Crippen LogP contribution in [-0.2, 0) is 0 Å². The number of nitro benzene ring substituents is 1. The summed E-state index contributed by atoms with van der Waals surface area (Å²) in [5.74, 6) is 0.815. The summed E-state index contributed by atoms with van der Waals surface area (Å²) < 4.78 is 11.0. The van der Waals surface area contributed by atoms with Crippen molar-refractivity contribution in [2.24, 2.45) is 9.16 Å². The van der Waals surface area contributed by atoms with Crippen molar-refractivity contribution in [2.45, 2.75) is 30.9 Å². The molecule has 23 heavy (non-hydrogen) atoms. The van der Waals surface area contributed by atoms with Crippen molar-refractivity contribution in [3.63, 3.8) is 0 Å². The molecule has 0 aromatic heterocycles. The second kappa shape index (κ2) is 11.8. The van der Waals surface area contributed by atoms with E-state index in [0.29, 0.717) is 25.2 Å². The quantitative estimate of drug-likeness (QED) is 0.164. The third-order valence-corrected chi connectivity index (χ3v) is 4.40. The van der Waals surface area contributed by atoms with Gasteiger partial charge in [-0.25, -0.2) is 0 Å². The van der Waals surface area contributed by atoms with Gasteiger partial charge in [-0.05, 0) is 31.7 Å². The first-order valence-corrected chi connectivity index (χ1v) is 8.76. The third-order valence-electron chi connectivity index (χ3n) is 3.02. The number of nitrogens with zero attached hydrogens (tertiary/aromatic N) is 3. The van der Waals surface area contributed by atoms with Crippen molar-refractivity contribution in [3.8, 4) is 5.75 Å². The van der Waals surface area contributed by atoms with Crippen molar-refractivity contribution in [2.75, 3.05) is 12.4 Å². The normalized spacial score (nSPS) is 11.7. The molecule has 1 aromatic rings. The zero-order valence-electron chi connectivity index (χ0n) is 12.3. The van der Waals surface area contributed by atoms with Gasteiger partial charge in [-0.1, -0.05) is 12.1 Å². The highest BCUT2D eigenvalue weighted by atomic mass is 32.2. The van der Waals surface area contributed by atoms with Gasteiger partial charge in [0.1, 0.15) is 0 Å². The van der Waals surface area contributed by atoms with E-state index in [-0.39, 0.29) is 16.7 Å². The third kappa shape index (κ3) is 7.93. The maximum Gasteiger partial charge on any atom is 0.310 e. The number of unbranched alkanes of at least 4 members (excludes halogenated alkanes) is 1. The van der Waals surface area contributed by atoms with E-state index in [0.717, 1.165) is 36.7 Å². The molecule has 0 amide bonds. The highest BCUT2D eigenvalue weighted by molar-refractivity contribution is 7.99. The summed E-state index contributed by atoms with van der Waals surface area (Å²) in [7, 11) is 0. The Kier molecular flexibility index (Phi) is 9.96. The molecule has 10 heteroatoms. The summed E-state index contributed by atoms with van der Waals surface area (Å²) in [6.07, 6.45) is 2.95. The average molecular weight is 359 g/mol. The van der Waals surface area contributed by atoms with Crippen molar-refractivity contribution in [3.05, 3.63) is 44.2 Å². The zero-order valence-corrected chi connectivity index (χ0v) is 14.0. The Morgan fingerprint density at radius 3 is 2.65 bits per heavy atom. The van der Waals surface area contributed by atoms with E-state index in [1.807, 2.05) is 0 Å². The number of benzene rings is 1. The minimum absolute atomic E-state index is 0.0489. The Bertz CT molecular complexity index is 518. The smallest absolute Gasteiger partial charge is 0.310 e. The van der Waals surface area contributed by atoms with Gasteiger partial charge in [0.2, 0.25) is 0 Å². The van der Waals surface area contributed by atoms with Gasteiger partial charge in [0.15, 0.2) is 5.75 Å². The predicted molar refractivity (Wildman–Crippen MR) is 92.5 cm³/mol. The molecule has 1 aromatic carbocycles. The fourth-order valence-electron chi connectivity index (χ4n) is 1.92. The fourth-order valence-corrected chi connectivity index (χ4v) is 3.15. The van der Waals surface area contributed by atoms with Gasteiger partial charge in [-0.15, -0.1) is 9.81 Å². The summed E-state index contributed by atoms with van der Waals surface area (Å²) in [6, 6.07) is 6.24. The van der Waals surface area contributed by atoms with Gasteiger partial charge in [-0.2, -0.15) is 0 Å². The molecular weight excluding hydrogens is 342 g/mol. The van der Waals surface area contributed by atoms with Crippen molar-refractivity contribution in [1.82, 2.24) is 0 Å². The number of hydrogen-bond acceptors (Lipinski definition) is 9. The van der Waals surface area contributed by atoms with Crippen LogP contribution >= 0.6 is 23.9 Å². The second-order valence-electron chi connectivity index (χ2n) is 4.57. The van der Waals surface area contributed by atoms with Crippen LogP contribution in [0.2, 0.25) is 0 Å². The molecule has 0 N–H and O–H groups in total. The first-order chi connectivity index (χ1) is 11.2. The van der Waals surface area contributed by atoms with Crippen LogP contribution in [0, 0.1) is 19.9 Å². The largest absolute Gasteiger partial charge is 0.487 e. The maximum absolute atomic E-state index is 10.8. The van der Waals surface area contributed by atoms with Crippen molar-refractivity contribution >= 4 is 29.6 Å². The molecule has 0 aliphatic rings. The second-order valence-corrected chi connectivity index (χ2v) is 6.41. The lowest BCUT2D eigenvalue weighted by Gasteiger charge is -2.11. The lowest BCUT2D eigenvalue weighted by atomic mass is 10.1. The molecule has 1 rings (SSSR count). The Hall–Kier alpha value is -1.68. The summed E-state index contributed by atoms with van der Waals surface area (Å²) in [5.41, 5.74) is -0.0514. The van der Waals surface area contributed by atoms with E-state index in [2.05, 4.69) is 9.16 Å². The number of para-hydroxylation sites is 2. The number of hydrogen-bond donors (Lipinski definition) is 0. The summed E-state index contributed by atoms with van der Waals surface area (Å²) in [4.78, 5) is 30.7. The molecule has 0 saturated carbocycles. The Balaban J connectivity index is 2.29. The van der Waals surface area contributed by atoms with Gasteiger partial charge in [0.05, 0.1) is 11.5 Å². The Morgan fingerprint density at radius 1 is 1.17 bits per heavy atom. The van der Waals surface area contributed by atoms with Crippen LogP contribution in [0.4, 0.5) is 5.69 Å². The van der Waals surface area contributed by atoms with Gasteiger partial charge in [-0.3, -0.25) is 10.1 Å². The van der Waals surface area contributed by atoms with Crippen LogP contribution in [0.15, 0.2) is 33.4 Å². The number of nitro groups is 1. The molecule has 0 bridgehead atoms. The predicted octanol–water partition coefficient (Wildman–Crippen LogP) is 4.73. The van der Waals surface area contributed by atoms with Crippen LogP contribution in [0.5, 0.6) is 5.75 Å². The summed E-state index contributed by atoms with van der Waals surface area (Å²) >= 11 is 1.90. The molecule has 1 atom stereocenters. The molecule has 8 nitrogen and oxygen atoms in total. The van der Waals surface area contributed by atoms with Crippen LogP contribution in [-0.4, -0.2) is 22.5 Å². The summed E-state index contributed by atoms with van der Waals surface area (Å²) in [6.45, 7) is 0.363. The minimum atomic E-state index is -0.476. The van der Waals surface area contributed by atoms with E-state index in [4.69, 9.17) is 4.74 Å². The van der Waals surface area contributed by atoms with Crippen molar-refractivity contribution < 1.29 is 9.66 Å². The molecule has 0 aliphatic carbocycles. The molecule has 0 heterocycles. The molecule has 0 spiro atoms. The van der Waals surface area contributed by atoms with Gasteiger partial charge >= 0.3 is 5.69 Å². The van der Waals surface area contributed by atoms with E-state index in [9.17, 15) is 19.9 Å². The van der Waals surface area contributed by atoms with E-state index in [1.165, 1.54) is 6.07 Å². The number of ether oxygens (including phenoxy) is 1. The lowest BCUT2D eigenvalue weighted by molar-refractivity contribution is -0.385. The molecule has 0 saturated heterocycles. The Labute approximate surface area is 142 Å². The van der Waals surface area contributed by atoms with Crippen molar-refractivity contribution in [1.29, 1.82) is 0 Å².